The minimum atomic E-state index is -0.818. The fourth-order valence-electron chi connectivity index (χ4n) is 1.55. The summed E-state index contributed by atoms with van der Waals surface area (Å²) < 4.78 is 12.7. The second kappa shape index (κ2) is 5.76. The van der Waals surface area contributed by atoms with E-state index in [0.717, 1.165) is 12.1 Å². The first kappa shape index (κ1) is 13.4. The van der Waals surface area contributed by atoms with Crippen molar-refractivity contribution < 1.29 is 14.0 Å². The van der Waals surface area contributed by atoms with Crippen molar-refractivity contribution in [3.63, 3.8) is 0 Å². The van der Waals surface area contributed by atoms with Gasteiger partial charge in [-0.15, -0.1) is 0 Å². The number of nitrogens with zero attached hydrogens (tertiary/aromatic N) is 1. The van der Waals surface area contributed by atoms with Crippen LogP contribution in [0.5, 0.6) is 0 Å². The van der Waals surface area contributed by atoms with Crippen LogP contribution in [0.1, 0.15) is 15.9 Å². The maximum absolute atomic E-state index is 12.7. The molecular formula is C15H9FN2O2. The summed E-state index contributed by atoms with van der Waals surface area (Å²) in [5.41, 5.74) is 0.967. The molecule has 0 aromatic heterocycles. The summed E-state index contributed by atoms with van der Waals surface area (Å²) in [6, 6.07) is 12.8. The molecule has 5 heteroatoms. The number of carbonyl (C=O) groups excluding carboxylic acids is 2. The molecule has 0 aliphatic carbocycles. The van der Waals surface area contributed by atoms with E-state index in [9.17, 15) is 14.0 Å². The number of amides is 1. The molecule has 0 unspecified atom stereocenters. The quantitative estimate of drug-likeness (QED) is 0.686. The number of carbonyl (C=O) groups is 2. The van der Waals surface area contributed by atoms with Crippen molar-refractivity contribution >= 4 is 17.4 Å². The first-order valence-corrected chi connectivity index (χ1v) is 5.71. The van der Waals surface area contributed by atoms with Crippen LogP contribution in [0.3, 0.4) is 0 Å². The molecule has 0 atom stereocenters. The van der Waals surface area contributed by atoms with Crippen LogP contribution < -0.4 is 5.32 Å². The lowest BCUT2D eigenvalue weighted by molar-refractivity contribution is -0.112. The van der Waals surface area contributed by atoms with E-state index in [0.29, 0.717) is 11.3 Å². The van der Waals surface area contributed by atoms with Gasteiger partial charge in [0.15, 0.2) is 0 Å². The highest BCUT2D eigenvalue weighted by Crippen LogP contribution is 2.10. The summed E-state index contributed by atoms with van der Waals surface area (Å²) in [6.45, 7) is 0. The van der Waals surface area contributed by atoms with Crippen molar-refractivity contribution in [2.75, 3.05) is 5.32 Å². The summed E-state index contributed by atoms with van der Waals surface area (Å²) in [5.74, 6) is -2.05. The Morgan fingerprint density at radius 2 is 1.60 bits per heavy atom. The summed E-state index contributed by atoms with van der Waals surface area (Å²) in [7, 11) is 0. The molecule has 1 N–H and O–H groups in total. The Labute approximate surface area is 114 Å². The normalized spacial score (nSPS) is 9.60. The van der Waals surface area contributed by atoms with Crippen molar-refractivity contribution in [3.05, 3.63) is 65.5 Å². The van der Waals surface area contributed by atoms with E-state index < -0.39 is 17.5 Å². The van der Waals surface area contributed by atoms with Gasteiger partial charge in [-0.2, -0.15) is 5.26 Å². The molecule has 0 saturated carbocycles. The van der Waals surface area contributed by atoms with Gasteiger partial charge in [-0.05, 0) is 48.5 Å². The Balaban J connectivity index is 2.09. The molecular weight excluding hydrogens is 259 g/mol. The highest BCUT2D eigenvalue weighted by Gasteiger charge is 2.16. The molecule has 4 nitrogen and oxygen atoms in total. The molecule has 2 rings (SSSR count). The predicted molar refractivity (Wildman–Crippen MR) is 70.5 cm³/mol. The average Bonchev–Trinajstić information content (AvgIpc) is 2.48. The van der Waals surface area contributed by atoms with Gasteiger partial charge in [0.1, 0.15) is 5.82 Å². The van der Waals surface area contributed by atoms with Crippen LogP contribution >= 0.6 is 0 Å². The number of nitrogens with one attached hydrogen (secondary N) is 1. The van der Waals surface area contributed by atoms with E-state index in [1.807, 2.05) is 6.07 Å². The van der Waals surface area contributed by atoms with Crippen LogP contribution in [-0.4, -0.2) is 11.7 Å². The SMILES string of the molecule is N#Cc1ccc(NC(=O)C(=O)c2ccc(F)cc2)cc1. The molecule has 2 aromatic carbocycles. The topological polar surface area (TPSA) is 70.0 Å². The van der Waals surface area contributed by atoms with Crippen molar-refractivity contribution in [3.8, 4) is 6.07 Å². The second-order valence-corrected chi connectivity index (χ2v) is 3.98. The third-order valence-corrected chi connectivity index (χ3v) is 2.58. The lowest BCUT2D eigenvalue weighted by Gasteiger charge is -2.04. The van der Waals surface area contributed by atoms with Crippen molar-refractivity contribution in [1.29, 1.82) is 5.26 Å². The number of ketones is 1. The van der Waals surface area contributed by atoms with Crippen molar-refractivity contribution in [1.82, 2.24) is 0 Å². The summed E-state index contributed by atoms with van der Waals surface area (Å²) in [6.07, 6.45) is 0. The monoisotopic (exact) mass is 268 g/mol. The number of Topliss-reactive ketones (excluding diaryl/α,β-unsaturated/α-hetero) is 1. The molecule has 0 radical (unpaired) electrons. The predicted octanol–water partition coefficient (Wildman–Crippen LogP) is 2.52. The van der Waals surface area contributed by atoms with Crippen LogP contribution in [-0.2, 0) is 4.79 Å². The Hall–Kier alpha value is -3.00. The summed E-state index contributed by atoms with van der Waals surface area (Å²) >= 11 is 0. The van der Waals surface area contributed by atoms with E-state index in [4.69, 9.17) is 5.26 Å². The number of anilines is 1. The van der Waals surface area contributed by atoms with Gasteiger partial charge in [0.05, 0.1) is 11.6 Å². The largest absolute Gasteiger partial charge is 0.319 e. The molecule has 0 bridgehead atoms. The van der Waals surface area contributed by atoms with Crippen LogP contribution in [0.2, 0.25) is 0 Å². The lowest BCUT2D eigenvalue weighted by Crippen LogP contribution is -2.22. The molecule has 0 aliphatic rings. The zero-order valence-electron chi connectivity index (χ0n) is 10.3. The highest BCUT2D eigenvalue weighted by molar-refractivity contribution is 6.46. The van der Waals surface area contributed by atoms with Gasteiger partial charge in [-0.25, -0.2) is 4.39 Å². The van der Waals surface area contributed by atoms with Gasteiger partial charge >= 0.3 is 0 Å². The molecule has 0 saturated heterocycles. The minimum Gasteiger partial charge on any atom is -0.319 e. The van der Waals surface area contributed by atoms with E-state index in [-0.39, 0.29) is 5.56 Å². The van der Waals surface area contributed by atoms with Gasteiger partial charge < -0.3 is 5.32 Å². The van der Waals surface area contributed by atoms with Gasteiger partial charge in [-0.1, -0.05) is 0 Å². The molecule has 0 aliphatic heterocycles. The molecule has 0 heterocycles. The second-order valence-electron chi connectivity index (χ2n) is 3.98. The Morgan fingerprint density at radius 3 is 2.15 bits per heavy atom. The molecule has 20 heavy (non-hydrogen) atoms. The number of nitriles is 1. The van der Waals surface area contributed by atoms with Gasteiger partial charge in [0.25, 0.3) is 11.7 Å². The van der Waals surface area contributed by atoms with Gasteiger partial charge in [0.2, 0.25) is 0 Å². The Kier molecular flexibility index (Phi) is 3.87. The molecule has 0 spiro atoms. The standard InChI is InChI=1S/C15H9FN2O2/c16-12-5-3-11(4-6-12)14(19)15(20)18-13-7-1-10(9-17)2-8-13/h1-8H,(H,18,20). The fraction of sp³-hybridized carbons (Fsp3) is 0. The van der Waals surface area contributed by atoms with E-state index in [1.54, 1.807) is 0 Å². The number of benzene rings is 2. The molecule has 98 valence electrons. The molecule has 2 aromatic rings. The minimum absolute atomic E-state index is 0.109. The maximum Gasteiger partial charge on any atom is 0.296 e. The molecule has 1 amide bonds. The summed E-state index contributed by atoms with van der Waals surface area (Å²) in [4.78, 5) is 23.5. The van der Waals surface area contributed by atoms with Crippen LogP contribution in [0, 0.1) is 17.1 Å². The zero-order valence-corrected chi connectivity index (χ0v) is 10.3. The average molecular weight is 268 g/mol. The number of rotatable bonds is 3. The Bertz CT molecular complexity index is 685. The van der Waals surface area contributed by atoms with Crippen molar-refractivity contribution in [2.45, 2.75) is 0 Å². The Morgan fingerprint density at radius 1 is 1.00 bits per heavy atom. The zero-order chi connectivity index (χ0) is 14.5. The maximum atomic E-state index is 12.7. The van der Waals surface area contributed by atoms with E-state index >= 15 is 0 Å². The van der Waals surface area contributed by atoms with E-state index in [1.165, 1.54) is 36.4 Å². The highest BCUT2D eigenvalue weighted by atomic mass is 19.1. The summed E-state index contributed by atoms with van der Waals surface area (Å²) in [5, 5.41) is 11.1. The smallest absolute Gasteiger partial charge is 0.296 e. The van der Waals surface area contributed by atoms with E-state index in [2.05, 4.69) is 5.32 Å². The third-order valence-electron chi connectivity index (χ3n) is 2.58. The first-order valence-electron chi connectivity index (χ1n) is 5.71. The number of hydrogen-bond acceptors (Lipinski definition) is 3. The number of hydrogen-bond donors (Lipinski definition) is 1. The van der Waals surface area contributed by atoms with Crippen molar-refractivity contribution in [2.24, 2.45) is 0 Å². The van der Waals surface area contributed by atoms with Crippen LogP contribution in [0.15, 0.2) is 48.5 Å². The van der Waals surface area contributed by atoms with Crippen LogP contribution in [0.25, 0.3) is 0 Å². The number of halogens is 1. The van der Waals surface area contributed by atoms with Gasteiger partial charge in [-0.3, -0.25) is 9.59 Å². The first-order chi connectivity index (χ1) is 9.60. The molecule has 0 fully saturated rings. The fourth-order valence-corrected chi connectivity index (χ4v) is 1.55. The lowest BCUT2D eigenvalue weighted by atomic mass is 10.1. The van der Waals surface area contributed by atoms with Crippen LogP contribution in [0.4, 0.5) is 10.1 Å². The third kappa shape index (κ3) is 3.06. The van der Waals surface area contributed by atoms with Gasteiger partial charge in [0, 0.05) is 11.3 Å².